The van der Waals surface area contributed by atoms with E-state index < -0.39 is 11.7 Å². The van der Waals surface area contributed by atoms with Crippen LogP contribution in [-0.4, -0.2) is 18.2 Å². The second kappa shape index (κ2) is 8.43. The largest absolute Gasteiger partial charge is 0.416 e. The molecule has 0 aromatic heterocycles. The van der Waals surface area contributed by atoms with E-state index in [-0.39, 0.29) is 24.3 Å². The number of alkyl halides is 3. The van der Waals surface area contributed by atoms with Gasteiger partial charge in [-0.25, -0.2) is 0 Å². The highest BCUT2D eigenvalue weighted by atomic mass is 32.2. The van der Waals surface area contributed by atoms with Gasteiger partial charge in [-0.2, -0.15) is 18.4 Å². The molecule has 2 unspecified atom stereocenters. The average molecular weight is 356 g/mol. The fourth-order valence-electron chi connectivity index (χ4n) is 2.98. The molecular weight excluding hydrogens is 337 g/mol. The molecule has 0 spiro atoms. The van der Waals surface area contributed by atoms with Crippen molar-refractivity contribution in [1.82, 2.24) is 5.32 Å². The summed E-state index contributed by atoms with van der Waals surface area (Å²) in [6.07, 6.45) is -0.700. The van der Waals surface area contributed by atoms with Crippen LogP contribution in [0.4, 0.5) is 13.2 Å². The monoisotopic (exact) mass is 356 g/mol. The van der Waals surface area contributed by atoms with Crippen molar-refractivity contribution in [2.24, 2.45) is 11.8 Å². The highest BCUT2D eigenvalue weighted by molar-refractivity contribution is 7.99. The maximum Gasteiger partial charge on any atom is 0.416 e. The number of carbonyl (C=O) groups is 1. The summed E-state index contributed by atoms with van der Waals surface area (Å²) in [6, 6.07) is 7.16. The first-order valence-electron chi connectivity index (χ1n) is 7.86. The van der Waals surface area contributed by atoms with Crippen LogP contribution in [0.5, 0.6) is 0 Å². The maximum absolute atomic E-state index is 12.8. The minimum Gasteiger partial charge on any atom is -0.343 e. The van der Waals surface area contributed by atoms with E-state index in [0.717, 1.165) is 37.8 Å². The van der Waals surface area contributed by atoms with Crippen molar-refractivity contribution in [3.05, 3.63) is 29.8 Å². The van der Waals surface area contributed by atoms with Gasteiger partial charge in [0.25, 0.3) is 0 Å². The molecule has 2 rings (SSSR count). The lowest BCUT2D eigenvalue weighted by Crippen LogP contribution is -2.37. The molecule has 1 N–H and O–H groups in total. The molecule has 7 heteroatoms. The molecule has 0 bridgehead atoms. The molecule has 0 saturated heterocycles. The van der Waals surface area contributed by atoms with Gasteiger partial charge in [0, 0.05) is 16.6 Å². The van der Waals surface area contributed by atoms with Crippen LogP contribution in [-0.2, 0) is 11.0 Å². The number of carbonyl (C=O) groups excluding carboxylic acids is 1. The minimum atomic E-state index is -4.35. The van der Waals surface area contributed by atoms with E-state index in [2.05, 4.69) is 5.32 Å². The summed E-state index contributed by atoms with van der Waals surface area (Å²) in [7, 11) is 0. The number of nitrogens with zero attached hydrogens (tertiary/aromatic N) is 1. The van der Waals surface area contributed by atoms with Crippen LogP contribution in [0.25, 0.3) is 0 Å². The number of amides is 1. The third kappa shape index (κ3) is 5.17. The van der Waals surface area contributed by atoms with Crippen LogP contribution in [0.1, 0.15) is 31.2 Å². The van der Waals surface area contributed by atoms with Crippen molar-refractivity contribution in [2.75, 3.05) is 12.3 Å². The number of nitrogens with one attached hydrogen (secondary N) is 1. The molecule has 1 aromatic rings. The summed E-state index contributed by atoms with van der Waals surface area (Å²) in [5.41, 5.74) is -0.653. The van der Waals surface area contributed by atoms with Crippen LogP contribution >= 0.6 is 11.8 Å². The standard InChI is InChI=1S/C17H19F3N2OS/c18-17(19,20)13-5-3-6-14(10-13)24-11-12-4-1-2-7-15(12)16(23)22-9-8-21/h3,5-6,10,12,15H,1-2,4,7,9,11H2,(H,22,23). The zero-order valence-electron chi connectivity index (χ0n) is 13.1. The molecule has 130 valence electrons. The molecule has 1 fully saturated rings. The van der Waals surface area contributed by atoms with E-state index in [1.165, 1.54) is 17.8 Å². The van der Waals surface area contributed by atoms with Crippen LogP contribution in [0.3, 0.4) is 0 Å². The van der Waals surface area contributed by atoms with E-state index in [1.54, 1.807) is 6.07 Å². The highest BCUT2D eigenvalue weighted by Gasteiger charge is 2.32. The van der Waals surface area contributed by atoms with E-state index in [1.807, 2.05) is 6.07 Å². The Balaban J connectivity index is 1.98. The molecule has 0 heterocycles. The molecule has 24 heavy (non-hydrogen) atoms. The number of nitriles is 1. The Morgan fingerprint density at radius 3 is 2.79 bits per heavy atom. The molecule has 0 aliphatic heterocycles. The molecule has 1 aliphatic carbocycles. The normalized spacial score (nSPS) is 21.1. The van der Waals surface area contributed by atoms with Gasteiger partial charge in [0.05, 0.1) is 11.6 Å². The van der Waals surface area contributed by atoms with Gasteiger partial charge < -0.3 is 5.32 Å². The van der Waals surface area contributed by atoms with Crippen molar-refractivity contribution >= 4 is 17.7 Å². The predicted octanol–water partition coefficient (Wildman–Crippen LogP) is 4.24. The second-order valence-electron chi connectivity index (χ2n) is 5.86. The number of benzene rings is 1. The smallest absolute Gasteiger partial charge is 0.343 e. The van der Waals surface area contributed by atoms with Gasteiger partial charge in [0.15, 0.2) is 0 Å². The van der Waals surface area contributed by atoms with Crippen molar-refractivity contribution in [1.29, 1.82) is 5.26 Å². The lowest BCUT2D eigenvalue weighted by molar-refractivity contribution is -0.137. The van der Waals surface area contributed by atoms with E-state index >= 15 is 0 Å². The molecule has 1 saturated carbocycles. The third-order valence-corrected chi connectivity index (χ3v) is 5.40. The van der Waals surface area contributed by atoms with Crippen LogP contribution < -0.4 is 5.32 Å². The van der Waals surface area contributed by atoms with Gasteiger partial charge in [-0.05, 0) is 37.0 Å². The van der Waals surface area contributed by atoms with E-state index in [9.17, 15) is 18.0 Å². The zero-order valence-corrected chi connectivity index (χ0v) is 13.9. The Labute approximate surface area is 143 Å². The summed E-state index contributed by atoms with van der Waals surface area (Å²) in [6.45, 7) is -0.0111. The third-order valence-electron chi connectivity index (χ3n) is 4.21. The number of thioether (sulfide) groups is 1. The number of hydrogen-bond acceptors (Lipinski definition) is 3. The van der Waals surface area contributed by atoms with Gasteiger partial charge in [0.2, 0.25) is 5.91 Å². The number of rotatable bonds is 5. The Bertz CT molecular complexity index is 613. The number of hydrogen-bond donors (Lipinski definition) is 1. The van der Waals surface area contributed by atoms with Crippen molar-refractivity contribution in [2.45, 2.75) is 36.8 Å². The highest BCUT2D eigenvalue weighted by Crippen LogP contribution is 2.36. The summed E-state index contributed by atoms with van der Waals surface area (Å²) >= 11 is 1.36. The van der Waals surface area contributed by atoms with Gasteiger partial charge in [-0.1, -0.05) is 18.9 Å². The minimum absolute atomic E-state index is 0.0111. The van der Waals surface area contributed by atoms with Crippen LogP contribution in [0.2, 0.25) is 0 Å². The fraction of sp³-hybridized carbons (Fsp3) is 0.529. The Morgan fingerprint density at radius 2 is 2.08 bits per heavy atom. The second-order valence-corrected chi connectivity index (χ2v) is 6.96. The quantitative estimate of drug-likeness (QED) is 0.634. The summed E-state index contributed by atoms with van der Waals surface area (Å²) in [5, 5.41) is 11.2. The molecular formula is C17H19F3N2OS. The number of halogens is 3. The SMILES string of the molecule is N#CCNC(=O)C1CCCCC1CSc1cccc(C(F)(F)F)c1. The summed E-state index contributed by atoms with van der Waals surface area (Å²) < 4.78 is 38.3. The molecule has 1 amide bonds. The summed E-state index contributed by atoms with van der Waals surface area (Å²) in [5.74, 6) is 0.444. The van der Waals surface area contributed by atoms with E-state index in [0.29, 0.717) is 10.6 Å². The van der Waals surface area contributed by atoms with Gasteiger partial charge >= 0.3 is 6.18 Å². The first-order chi connectivity index (χ1) is 11.4. The lowest BCUT2D eigenvalue weighted by atomic mass is 9.80. The molecule has 0 radical (unpaired) electrons. The van der Waals surface area contributed by atoms with Gasteiger partial charge in [0.1, 0.15) is 6.54 Å². The zero-order chi connectivity index (χ0) is 17.6. The van der Waals surface area contributed by atoms with Crippen molar-refractivity contribution < 1.29 is 18.0 Å². The predicted molar refractivity (Wildman–Crippen MR) is 86.2 cm³/mol. The topological polar surface area (TPSA) is 52.9 Å². The average Bonchev–Trinajstić information content (AvgIpc) is 2.57. The molecule has 3 nitrogen and oxygen atoms in total. The molecule has 2 atom stereocenters. The fourth-order valence-corrected chi connectivity index (χ4v) is 4.17. The molecule has 1 aliphatic rings. The Morgan fingerprint density at radius 1 is 1.33 bits per heavy atom. The van der Waals surface area contributed by atoms with Crippen LogP contribution in [0, 0.1) is 23.2 Å². The summed E-state index contributed by atoms with van der Waals surface area (Å²) in [4.78, 5) is 12.7. The van der Waals surface area contributed by atoms with Crippen molar-refractivity contribution in [3.63, 3.8) is 0 Å². The van der Waals surface area contributed by atoms with Crippen LogP contribution in [0.15, 0.2) is 29.2 Å². The first-order valence-corrected chi connectivity index (χ1v) is 8.85. The Kier molecular flexibility index (Phi) is 6.55. The van der Waals surface area contributed by atoms with E-state index in [4.69, 9.17) is 5.26 Å². The molecule has 1 aromatic carbocycles. The van der Waals surface area contributed by atoms with Crippen molar-refractivity contribution in [3.8, 4) is 6.07 Å². The first kappa shape index (κ1) is 18.7. The van der Waals surface area contributed by atoms with Gasteiger partial charge in [-0.15, -0.1) is 11.8 Å². The van der Waals surface area contributed by atoms with Gasteiger partial charge in [-0.3, -0.25) is 4.79 Å². The Hall–Kier alpha value is -1.68. The maximum atomic E-state index is 12.8. The lowest BCUT2D eigenvalue weighted by Gasteiger charge is -2.30.